The number of nitrogens with one attached hydrogen (secondary N) is 1. The molecule has 0 unspecified atom stereocenters. The van der Waals surface area contributed by atoms with E-state index in [2.05, 4.69) is 9.97 Å². The molecule has 0 saturated carbocycles. The summed E-state index contributed by atoms with van der Waals surface area (Å²) in [5.74, 6) is 0.495. The predicted octanol–water partition coefficient (Wildman–Crippen LogP) is -0.609. The van der Waals surface area contributed by atoms with Gasteiger partial charge in [-0.15, -0.1) is 0 Å². The van der Waals surface area contributed by atoms with Gasteiger partial charge in [-0.05, 0) is 24.6 Å². The summed E-state index contributed by atoms with van der Waals surface area (Å²) in [6.07, 6.45) is 0.704. The lowest BCUT2D eigenvalue weighted by Crippen LogP contribution is -2.36. The molecule has 0 spiro atoms. The maximum absolute atomic E-state index is 13.1. The van der Waals surface area contributed by atoms with E-state index in [0.717, 1.165) is 8.87 Å². The Morgan fingerprint density at radius 2 is 1.79 bits per heavy atom. The molecule has 0 radical (unpaired) electrons. The highest BCUT2D eigenvalue weighted by Crippen LogP contribution is 2.32. The molecule has 3 N–H and O–H groups in total. The molecule has 0 aliphatic heterocycles. The molecule has 3 aromatic rings. The Labute approximate surface area is 189 Å². The van der Waals surface area contributed by atoms with E-state index in [-0.39, 0.29) is 40.5 Å². The Balaban J connectivity index is 2.24. The number of aromatic amines is 1. The van der Waals surface area contributed by atoms with Crippen LogP contribution in [0.2, 0.25) is 0 Å². The molecule has 180 valence electrons. The lowest BCUT2D eigenvalue weighted by molar-refractivity contribution is 0.217. The molecule has 12 nitrogen and oxygen atoms in total. The van der Waals surface area contributed by atoms with Crippen molar-refractivity contribution in [2.75, 3.05) is 32.9 Å². The van der Waals surface area contributed by atoms with Crippen LogP contribution in [-0.2, 0) is 24.1 Å². The van der Waals surface area contributed by atoms with Crippen LogP contribution in [0.4, 0.5) is 0 Å². The summed E-state index contributed by atoms with van der Waals surface area (Å²) in [5, 5.41) is 18.5. The lowest BCUT2D eigenvalue weighted by Gasteiger charge is -2.21. The highest BCUT2D eigenvalue weighted by molar-refractivity contribution is 7.89. The van der Waals surface area contributed by atoms with E-state index in [0.29, 0.717) is 18.8 Å². The first kappa shape index (κ1) is 24.6. The zero-order valence-corrected chi connectivity index (χ0v) is 19.4. The second-order valence-corrected chi connectivity index (χ2v) is 9.29. The molecule has 0 amide bonds. The van der Waals surface area contributed by atoms with Crippen molar-refractivity contribution in [3.05, 3.63) is 39.0 Å². The predicted molar refractivity (Wildman–Crippen MR) is 121 cm³/mol. The average Bonchev–Trinajstić information content (AvgIpc) is 3.25. The van der Waals surface area contributed by atoms with Crippen LogP contribution in [0.5, 0.6) is 5.75 Å². The molecular weight excluding hydrogens is 454 g/mol. The zero-order chi connectivity index (χ0) is 24.3. The lowest BCUT2D eigenvalue weighted by atomic mass is 10.2. The van der Waals surface area contributed by atoms with Crippen LogP contribution >= 0.6 is 0 Å². The Morgan fingerprint density at radius 1 is 1.12 bits per heavy atom. The van der Waals surface area contributed by atoms with Crippen LogP contribution < -0.4 is 16.0 Å². The van der Waals surface area contributed by atoms with Crippen molar-refractivity contribution >= 4 is 21.2 Å². The molecule has 0 saturated heterocycles. The van der Waals surface area contributed by atoms with Gasteiger partial charge in [-0.3, -0.25) is 13.9 Å². The van der Waals surface area contributed by atoms with Crippen molar-refractivity contribution in [3.63, 3.8) is 0 Å². The van der Waals surface area contributed by atoms with Gasteiger partial charge in [-0.1, -0.05) is 6.92 Å². The van der Waals surface area contributed by atoms with Crippen LogP contribution in [-0.4, -0.2) is 74.9 Å². The van der Waals surface area contributed by atoms with E-state index in [1.54, 1.807) is 0 Å². The number of benzene rings is 1. The van der Waals surface area contributed by atoms with Gasteiger partial charge in [-0.25, -0.2) is 18.2 Å². The van der Waals surface area contributed by atoms with E-state index in [1.165, 1.54) is 36.9 Å². The summed E-state index contributed by atoms with van der Waals surface area (Å²) < 4.78 is 35.1. The molecule has 13 heteroatoms. The summed E-state index contributed by atoms with van der Waals surface area (Å²) in [6.45, 7) is 1.08. The third-order valence-corrected chi connectivity index (χ3v) is 6.99. The molecule has 3 rings (SSSR count). The molecule has 0 bridgehead atoms. The van der Waals surface area contributed by atoms with Gasteiger partial charge in [0.15, 0.2) is 5.65 Å². The Morgan fingerprint density at radius 3 is 2.39 bits per heavy atom. The fourth-order valence-corrected chi connectivity index (χ4v) is 4.82. The Hall–Kier alpha value is -3.00. The van der Waals surface area contributed by atoms with Gasteiger partial charge in [0.2, 0.25) is 10.0 Å². The Kier molecular flexibility index (Phi) is 7.37. The van der Waals surface area contributed by atoms with E-state index >= 15 is 0 Å². The van der Waals surface area contributed by atoms with Gasteiger partial charge < -0.3 is 19.9 Å². The van der Waals surface area contributed by atoms with Gasteiger partial charge in [0, 0.05) is 27.2 Å². The zero-order valence-electron chi connectivity index (χ0n) is 18.6. The van der Waals surface area contributed by atoms with Crippen molar-refractivity contribution in [1.29, 1.82) is 0 Å². The highest BCUT2D eigenvalue weighted by Gasteiger charge is 2.26. The van der Waals surface area contributed by atoms with Gasteiger partial charge in [0.1, 0.15) is 17.1 Å². The minimum absolute atomic E-state index is 0.0893. The van der Waals surface area contributed by atoms with Crippen molar-refractivity contribution < 1.29 is 23.4 Å². The fourth-order valence-electron chi connectivity index (χ4n) is 3.37. The smallest absolute Gasteiger partial charge is 0.332 e. The molecule has 33 heavy (non-hydrogen) atoms. The van der Waals surface area contributed by atoms with Crippen LogP contribution in [0, 0.1) is 0 Å². The number of rotatable bonds is 10. The van der Waals surface area contributed by atoms with Crippen molar-refractivity contribution in [3.8, 4) is 17.1 Å². The van der Waals surface area contributed by atoms with Crippen LogP contribution in [0.15, 0.2) is 32.7 Å². The minimum atomic E-state index is -4.06. The molecular formula is C20H27N5O7S. The SMILES string of the molecule is CCCOc1ccc(S(=O)(=O)N(CCO)CCO)cc1-c1nc2c([nH]1)c(=O)n(C)c(=O)n2C. The topological polar surface area (TPSA) is 160 Å². The number of imidazole rings is 1. The van der Waals surface area contributed by atoms with Crippen LogP contribution in [0.3, 0.4) is 0 Å². The number of hydrogen-bond acceptors (Lipinski definition) is 8. The molecule has 0 fully saturated rings. The molecule has 1 aromatic carbocycles. The van der Waals surface area contributed by atoms with E-state index < -0.39 is 34.5 Å². The number of nitrogens with zero attached hydrogens (tertiary/aromatic N) is 4. The van der Waals surface area contributed by atoms with E-state index in [9.17, 15) is 28.2 Å². The second-order valence-electron chi connectivity index (χ2n) is 7.35. The first-order valence-corrected chi connectivity index (χ1v) is 11.8. The number of sulfonamides is 1. The molecule has 2 heterocycles. The normalized spacial score (nSPS) is 12.1. The van der Waals surface area contributed by atoms with Crippen LogP contribution in [0.25, 0.3) is 22.6 Å². The summed E-state index contributed by atoms with van der Waals surface area (Å²) in [4.78, 5) is 32.0. The van der Waals surface area contributed by atoms with Crippen molar-refractivity contribution in [2.24, 2.45) is 14.1 Å². The maximum atomic E-state index is 13.1. The average molecular weight is 482 g/mol. The summed E-state index contributed by atoms with van der Waals surface area (Å²) in [6, 6.07) is 4.20. The summed E-state index contributed by atoms with van der Waals surface area (Å²) in [5.41, 5.74) is -0.624. The minimum Gasteiger partial charge on any atom is -0.493 e. The monoisotopic (exact) mass is 481 g/mol. The van der Waals surface area contributed by atoms with Crippen molar-refractivity contribution in [1.82, 2.24) is 23.4 Å². The molecule has 0 aliphatic carbocycles. The molecule has 0 atom stereocenters. The quantitative estimate of drug-likeness (QED) is 0.346. The standard InChI is InChI=1S/C20H27N5O7S/c1-4-11-32-15-6-5-13(33(30,31)25(7-9-26)8-10-27)12-14(15)17-21-16-18(22-17)23(2)20(29)24(3)19(16)28/h5-6,12,26-27H,4,7-11H2,1-3H3,(H,21,22). The van der Waals surface area contributed by atoms with Gasteiger partial charge in [0.05, 0.1) is 30.3 Å². The number of hydrogen-bond donors (Lipinski definition) is 3. The van der Waals surface area contributed by atoms with Crippen molar-refractivity contribution in [2.45, 2.75) is 18.2 Å². The number of aromatic nitrogens is 4. The number of fused-ring (bicyclic) bond motifs is 1. The highest BCUT2D eigenvalue weighted by atomic mass is 32.2. The Bertz CT molecular complexity index is 1370. The largest absolute Gasteiger partial charge is 0.493 e. The maximum Gasteiger partial charge on any atom is 0.332 e. The molecule has 2 aromatic heterocycles. The first-order valence-electron chi connectivity index (χ1n) is 10.3. The number of aliphatic hydroxyl groups is 2. The van der Waals surface area contributed by atoms with E-state index in [4.69, 9.17) is 4.74 Å². The number of aryl methyl sites for hydroxylation is 1. The third-order valence-electron chi connectivity index (χ3n) is 5.10. The summed E-state index contributed by atoms with van der Waals surface area (Å²) in [7, 11) is -1.23. The number of aliphatic hydroxyl groups excluding tert-OH is 2. The fraction of sp³-hybridized carbons (Fsp3) is 0.450. The molecule has 0 aliphatic rings. The van der Waals surface area contributed by atoms with Gasteiger partial charge in [0.25, 0.3) is 5.56 Å². The number of ether oxygens (including phenoxy) is 1. The van der Waals surface area contributed by atoms with Crippen LogP contribution in [0.1, 0.15) is 13.3 Å². The first-order chi connectivity index (χ1) is 15.7. The third kappa shape index (κ3) is 4.57. The van der Waals surface area contributed by atoms with E-state index in [1.807, 2.05) is 6.92 Å². The number of H-pyrrole nitrogens is 1. The second kappa shape index (κ2) is 9.87. The van der Waals surface area contributed by atoms with Gasteiger partial charge >= 0.3 is 5.69 Å². The summed E-state index contributed by atoms with van der Waals surface area (Å²) >= 11 is 0. The van der Waals surface area contributed by atoms with Gasteiger partial charge in [-0.2, -0.15) is 4.31 Å².